The van der Waals surface area contributed by atoms with Gasteiger partial charge in [-0.15, -0.1) is 0 Å². The summed E-state index contributed by atoms with van der Waals surface area (Å²) in [6.45, 7) is 2.90. The summed E-state index contributed by atoms with van der Waals surface area (Å²) < 4.78 is 6.11. The molecular formula is C15H21Cl2NO. The number of ether oxygens (including phenoxy) is 1. The van der Waals surface area contributed by atoms with E-state index in [2.05, 4.69) is 6.92 Å². The molecule has 0 aliphatic heterocycles. The summed E-state index contributed by atoms with van der Waals surface area (Å²) in [6.07, 6.45) is 4.79. The first-order valence-corrected chi connectivity index (χ1v) is 7.71. The average molecular weight is 302 g/mol. The third-order valence-electron chi connectivity index (χ3n) is 4.09. The van der Waals surface area contributed by atoms with Gasteiger partial charge in [0.2, 0.25) is 0 Å². The Morgan fingerprint density at radius 2 is 2.11 bits per heavy atom. The largest absolute Gasteiger partial charge is 0.488 e. The second kappa shape index (κ2) is 6.83. The monoisotopic (exact) mass is 301 g/mol. The highest BCUT2D eigenvalue weighted by Gasteiger charge is 2.30. The van der Waals surface area contributed by atoms with Gasteiger partial charge in [-0.05, 0) is 43.9 Å². The standard InChI is InChI=1S/C15H21Cl2NO/c1-2-10-3-4-11(9-18)14(7-10)19-15-8-12(16)5-6-13(15)17/h5-6,8,10-11,14H,2-4,7,9,18H2,1H3. The molecule has 0 bridgehead atoms. The maximum Gasteiger partial charge on any atom is 0.139 e. The number of benzene rings is 1. The lowest BCUT2D eigenvalue weighted by Gasteiger charge is -2.35. The van der Waals surface area contributed by atoms with Crippen LogP contribution in [0.1, 0.15) is 32.6 Å². The molecule has 1 aliphatic carbocycles. The SMILES string of the molecule is CCC1CCC(CN)C(Oc2cc(Cl)ccc2Cl)C1. The van der Waals surface area contributed by atoms with E-state index in [4.69, 9.17) is 33.7 Å². The van der Waals surface area contributed by atoms with Gasteiger partial charge in [0.1, 0.15) is 11.9 Å². The van der Waals surface area contributed by atoms with Crippen molar-refractivity contribution in [3.05, 3.63) is 28.2 Å². The second-order valence-corrected chi connectivity index (χ2v) is 6.16. The molecule has 106 valence electrons. The Hall–Kier alpha value is -0.440. The van der Waals surface area contributed by atoms with Gasteiger partial charge < -0.3 is 10.5 Å². The van der Waals surface area contributed by atoms with Gasteiger partial charge in [-0.3, -0.25) is 0 Å². The molecule has 2 rings (SSSR count). The third-order valence-corrected chi connectivity index (χ3v) is 4.64. The molecule has 3 unspecified atom stereocenters. The van der Waals surface area contributed by atoms with Crippen molar-refractivity contribution < 1.29 is 4.74 Å². The fourth-order valence-electron chi connectivity index (χ4n) is 2.79. The van der Waals surface area contributed by atoms with E-state index in [1.54, 1.807) is 18.2 Å². The number of rotatable bonds is 4. The third kappa shape index (κ3) is 3.77. The quantitative estimate of drug-likeness (QED) is 0.887. The van der Waals surface area contributed by atoms with Gasteiger partial charge in [-0.2, -0.15) is 0 Å². The van der Waals surface area contributed by atoms with Crippen molar-refractivity contribution in [2.45, 2.75) is 38.7 Å². The highest BCUT2D eigenvalue weighted by atomic mass is 35.5. The van der Waals surface area contributed by atoms with Crippen LogP contribution in [0.4, 0.5) is 0 Å². The first-order chi connectivity index (χ1) is 9.13. The fraction of sp³-hybridized carbons (Fsp3) is 0.600. The number of hydrogen-bond acceptors (Lipinski definition) is 2. The molecule has 19 heavy (non-hydrogen) atoms. The van der Waals surface area contributed by atoms with Crippen LogP contribution in [0.5, 0.6) is 5.75 Å². The van der Waals surface area contributed by atoms with Crippen LogP contribution in [0.25, 0.3) is 0 Å². The molecule has 1 aromatic carbocycles. The van der Waals surface area contributed by atoms with Crippen molar-refractivity contribution in [1.82, 2.24) is 0 Å². The lowest BCUT2D eigenvalue weighted by atomic mass is 9.78. The maximum absolute atomic E-state index is 6.16. The van der Waals surface area contributed by atoms with Crippen LogP contribution < -0.4 is 10.5 Å². The van der Waals surface area contributed by atoms with Crippen LogP contribution in [-0.4, -0.2) is 12.6 Å². The van der Waals surface area contributed by atoms with Crippen LogP contribution >= 0.6 is 23.2 Å². The van der Waals surface area contributed by atoms with Crippen LogP contribution in [0.15, 0.2) is 18.2 Å². The molecule has 1 saturated carbocycles. The molecule has 0 heterocycles. The van der Waals surface area contributed by atoms with E-state index in [0.29, 0.717) is 28.3 Å². The Bertz CT molecular complexity index is 425. The van der Waals surface area contributed by atoms with Crippen LogP contribution in [0.2, 0.25) is 10.0 Å². The first kappa shape index (κ1) is 15.0. The van der Waals surface area contributed by atoms with Gasteiger partial charge in [0.05, 0.1) is 5.02 Å². The van der Waals surface area contributed by atoms with Crippen LogP contribution in [0.3, 0.4) is 0 Å². The molecule has 0 saturated heterocycles. The number of halogens is 2. The molecule has 2 N–H and O–H groups in total. The highest BCUT2D eigenvalue weighted by molar-refractivity contribution is 6.34. The zero-order valence-electron chi connectivity index (χ0n) is 11.2. The summed E-state index contributed by atoms with van der Waals surface area (Å²) in [6, 6.07) is 5.33. The maximum atomic E-state index is 6.16. The predicted molar refractivity (Wildman–Crippen MR) is 81.1 cm³/mol. The Balaban J connectivity index is 2.11. The van der Waals surface area contributed by atoms with Crippen LogP contribution in [0, 0.1) is 11.8 Å². The highest BCUT2D eigenvalue weighted by Crippen LogP contribution is 2.36. The van der Waals surface area contributed by atoms with Gasteiger partial charge in [0.25, 0.3) is 0 Å². The Kier molecular flexibility index (Phi) is 5.37. The molecule has 0 amide bonds. The zero-order chi connectivity index (χ0) is 13.8. The lowest BCUT2D eigenvalue weighted by molar-refractivity contribution is 0.0685. The molecule has 2 nitrogen and oxygen atoms in total. The van der Waals surface area contributed by atoms with E-state index in [1.165, 1.54) is 12.8 Å². The fourth-order valence-corrected chi connectivity index (χ4v) is 3.11. The topological polar surface area (TPSA) is 35.2 Å². The molecule has 3 atom stereocenters. The van der Waals surface area contributed by atoms with Crippen molar-refractivity contribution in [2.24, 2.45) is 17.6 Å². The lowest BCUT2D eigenvalue weighted by Crippen LogP contribution is -2.38. The van der Waals surface area contributed by atoms with Gasteiger partial charge in [0, 0.05) is 17.0 Å². The molecule has 0 aromatic heterocycles. The van der Waals surface area contributed by atoms with E-state index in [9.17, 15) is 0 Å². The average Bonchev–Trinajstić information content (AvgIpc) is 2.42. The Labute approximate surface area is 125 Å². The van der Waals surface area contributed by atoms with Crippen molar-refractivity contribution in [3.8, 4) is 5.75 Å². The normalized spacial score (nSPS) is 27.3. The number of hydrogen-bond donors (Lipinski definition) is 1. The summed E-state index contributed by atoms with van der Waals surface area (Å²) in [5, 5.41) is 1.25. The molecule has 4 heteroatoms. The summed E-state index contributed by atoms with van der Waals surface area (Å²) in [4.78, 5) is 0. The summed E-state index contributed by atoms with van der Waals surface area (Å²) >= 11 is 12.2. The molecule has 0 spiro atoms. The van der Waals surface area contributed by atoms with Gasteiger partial charge in [-0.25, -0.2) is 0 Å². The summed E-state index contributed by atoms with van der Waals surface area (Å²) in [5.74, 6) is 1.82. The van der Waals surface area contributed by atoms with Crippen molar-refractivity contribution in [1.29, 1.82) is 0 Å². The van der Waals surface area contributed by atoms with E-state index >= 15 is 0 Å². The van der Waals surface area contributed by atoms with Gasteiger partial charge in [0.15, 0.2) is 0 Å². The minimum Gasteiger partial charge on any atom is -0.488 e. The van der Waals surface area contributed by atoms with E-state index in [-0.39, 0.29) is 6.10 Å². The summed E-state index contributed by atoms with van der Waals surface area (Å²) in [5.41, 5.74) is 5.86. The first-order valence-electron chi connectivity index (χ1n) is 6.95. The number of nitrogens with two attached hydrogens (primary N) is 1. The van der Waals surface area contributed by atoms with Gasteiger partial charge in [-0.1, -0.05) is 36.5 Å². The Morgan fingerprint density at radius 3 is 2.79 bits per heavy atom. The van der Waals surface area contributed by atoms with E-state index < -0.39 is 0 Å². The van der Waals surface area contributed by atoms with Gasteiger partial charge >= 0.3 is 0 Å². The van der Waals surface area contributed by atoms with Crippen LogP contribution in [-0.2, 0) is 0 Å². The molecule has 1 aromatic rings. The summed E-state index contributed by atoms with van der Waals surface area (Å²) in [7, 11) is 0. The molecule has 0 radical (unpaired) electrons. The zero-order valence-corrected chi connectivity index (χ0v) is 12.8. The molecular weight excluding hydrogens is 281 g/mol. The minimum absolute atomic E-state index is 0.152. The van der Waals surface area contributed by atoms with Crippen molar-refractivity contribution in [3.63, 3.8) is 0 Å². The predicted octanol–water partition coefficient (Wildman–Crippen LogP) is 4.53. The smallest absolute Gasteiger partial charge is 0.139 e. The molecule has 1 fully saturated rings. The van der Waals surface area contributed by atoms with Crippen molar-refractivity contribution >= 4 is 23.2 Å². The van der Waals surface area contributed by atoms with E-state index in [1.807, 2.05) is 0 Å². The Morgan fingerprint density at radius 1 is 1.32 bits per heavy atom. The molecule has 1 aliphatic rings. The van der Waals surface area contributed by atoms with Crippen molar-refractivity contribution in [2.75, 3.05) is 6.54 Å². The second-order valence-electron chi connectivity index (χ2n) is 5.31. The van der Waals surface area contributed by atoms with E-state index in [0.717, 1.165) is 18.8 Å². The minimum atomic E-state index is 0.152.